The molecule has 0 aliphatic heterocycles. The summed E-state index contributed by atoms with van der Waals surface area (Å²) >= 11 is 0. The van der Waals surface area contributed by atoms with E-state index in [1.54, 1.807) is 0 Å². The number of hydrogen-bond donors (Lipinski definition) is 1. The number of aromatic amines is 1. The Labute approximate surface area is 115 Å². The van der Waals surface area contributed by atoms with Crippen molar-refractivity contribution in [3.05, 3.63) is 28.0 Å². The van der Waals surface area contributed by atoms with Gasteiger partial charge in [0.05, 0.1) is 11.9 Å². The maximum Gasteiger partial charge on any atom is 0.419 e. The van der Waals surface area contributed by atoms with Gasteiger partial charge in [0.1, 0.15) is 5.82 Å². The average Bonchev–Trinajstić information content (AvgIpc) is 2.35. The van der Waals surface area contributed by atoms with Crippen LogP contribution in [0, 0.1) is 0 Å². The highest BCUT2D eigenvalue weighted by atomic mass is 19.4. The van der Waals surface area contributed by atoms with Crippen LogP contribution in [0.1, 0.15) is 32.3 Å². The summed E-state index contributed by atoms with van der Waals surface area (Å²) in [6.07, 6.45) is -1.46. The van der Waals surface area contributed by atoms with Crippen molar-refractivity contribution in [2.75, 3.05) is 13.1 Å². The lowest BCUT2D eigenvalue weighted by atomic mass is 10.2. The van der Waals surface area contributed by atoms with Crippen molar-refractivity contribution in [2.24, 2.45) is 4.99 Å². The third-order valence-electron chi connectivity index (χ3n) is 2.58. The molecule has 0 unspecified atom stereocenters. The predicted octanol–water partition coefficient (Wildman–Crippen LogP) is 3.18. The molecule has 0 fully saturated rings. The molecule has 112 valence electrons. The summed E-state index contributed by atoms with van der Waals surface area (Å²) < 4.78 is 38.4. The molecule has 0 bridgehead atoms. The third kappa shape index (κ3) is 4.71. The van der Waals surface area contributed by atoms with Crippen molar-refractivity contribution < 1.29 is 13.2 Å². The number of nitrogens with one attached hydrogen (secondary N) is 1. The Bertz CT molecular complexity index is 502. The van der Waals surface area contributed by atoms with E-state index in [1.807, 2.05) is 18.7 Å². The summed E-state index contributed by atoms with van der Waals surface area (Å²) in [7, 11) is 0. The lowest BCUT2D eigenvalue weighted by Gasteiger charge is -2.17. The third-order valence-corrected chi connectivity index (χ3v) is 2.58. The molecule has 1 rings (SSSR count). The van der Waals surface area contributed by atoms with Crippen molar-refractivity contribution >= 4 is 12.2 Å². The molecule has 0 aliphatic carbocycles. The molecule has 20 heavy (non-hydrogen) atoms. The number of nitrogens with zero attached hydrogens (tertiary/aromatic N) is 2. The number of aromatic nitrogens is 1. The van der Waals surface area contributed by atoms with Crippen molar-refractivity contribution in [1.29, 1.82) is 0 Å². The van der Waals surface area contributed by atoms with E-state index < -0.39 is 23.1 Å². The molecule has 1 aromatic rings. The number of halogens is 3. The highest BCUT2D eigenvalue weighted by Gasteiger charge is 2.34. The quantitative estimate of drug-likeness (QED) is 0.646. The van der Waals surface area contributed by atoms with Gasteiger partial charge in [0, 0.05) is 19.2 Å². The fourth-order valence-electron chi connectivity index (χ4n) is 1.74. The van der Waals surface area contributed by atoms with Crippen LogP contribution in [0.15, 0.2) is 21.9 Å². The molecule has 0 aliphatic rings. The first-order valence-electron chi connectivity index (χ1n) is 6.47. The smallest absolute Gasteiger partial charge is 0.363 e. The standard InChI is InChI=1S/C13H18F3N3O/c1-3-7-19(8-4-2)9-17-12-10(13(14,15)16)5-6-11(20)18-12/h5-6,9H,3-4,7-8H2,1-2H3,(H,18,20)/b17-9+. The fourth-order valence-corrected chi connectivity index (χ4v) is 1.74. The van der Waals surface area contributed by atoms with Gasteiger partial charge < -0.3 is 9.88 Å². The number of pyridine rings is 1. The minimum absolute atomic E-state index is 0.456. The van der Waals surface area contributed by atoms with E-state index in [4.69, 9.17) is 0 Å². The summed E-state index contributed by atoms with van der Waals surface area (Å²) in [4.78, 5) is 18.9. The molecule has 0 saturated heterocycles. The second-order valence-corrected chi connectivity index (χ2v) is 4.36. The van der Waals surface area contributed by atoms with Crippen molar-refractivity contribution in [1.82, 2.24) is 9.88 Å². The molecule has 1 aromatic heterocycles. The van der Waals surface area contributed by atoms with Gasteiger partial charge in [-0.05, 0) is 18.9 Å². The van der Waals surface area contributed by atoms with Crippen LogP contribution in [0.4, 0.5) is 19.0 Å². The van der Waals surface area contributed by atoms with Gasteiger partial charge in [-0.1, -0.05) is 13.8 Å². The van der Waals surface area contributed by atoms with E-state index in [9.17, 15) is 18.0 Å². The van der Waals surface area contributed by atoms with Crippen LogP contribution in [0.25, 0.3) is 0 Å². The van der Waals surface area contributed by atoms with Gasteiger partial charge in [0.15, 0.2) is 0 Å². The van der Waals surface area contributed by atoms with Crippen LogP contribution in [0.2, 0.25) is 0 Å². The second kappa shape index (κ2) is 7.12. The number of alkyl halides is 3. The van der Waals surface area contributed by atoms with Crippen molar-refractivity contribution in [3.63, 3.8) is 0 Å². The summed E-state index contributed by atoms with van der Waals surface area (Å²) in [5.74, 6) is -0.456. The topological polar surface area (TPSA) is 48.5 Å². The molecule has 0 aromatic carbocycles. The Morgan fingerprint density at radius 1 is 1.25 bits per heavy atom. The highest BCUT2D eigenvalue weighted by Crippen LogP contribution is 2.33. The van der Waals surface area contributed by atoms with Gasteiger partial charge in [-0.3, -0.25) is 4.79 Å². The maximum atomic E-state index is 12.8. The molecule has 7 heteroatoms. The molecule has 0 atom stereocenters. The van der Waals surface area contributed by atoms with Crippen LogP contribution in [-0.2, 0) is 6.18 Å². The fraction of sp³-hybridized carbons (Fsp3) is 0.538. The molecular formula is C13H18F3N3O. The molecule has 1 heterocycles. The molecule has 1 N–H and O–H groups in total. The SMILES string of the molecule is CCCN(/C=N/c1[nH]c(=O)ccc1C(F)(F)F)CCC. The first-order chi connectivity index (χ1) is 9.38. The summed E-state index contributed by atoms with van der Waals surface area (Å²) in [5.41, 5.74) is -1.55. The zero-order valence-corrected chi connectivity index (χ0v) is 11.5. The second-order valence-electron chi connectivity index (χ2n) is 4.36. The molecular weight excluding hydrogens is 271 g/mol. The number of H-pyrrole nitrogens is 1. The number of aliphatic imine (C=N–C) groups is 1. The minimum Gasteiger partial charge on any atom is -0.363 e. The Morgan fingerprint density at radius 3 is 2.35 bits per heavy atom. The van der Waals surface area contributed by atoms with Crippen molar-refractivity contribution in [3.8, 4) is 0 Å². The lowest BCUT2D eigenvalue weighted by molar-refractivity contribution is -0.137. The van der Waals surface area contributed by atoms with E-state index in [0.717, 1.165) is 25.0 Å². The minimum atomic E-state index is -4.54. The zero-order chi connectivity index (χ0) is 15.2. The number of rotatable bonds is 6. The van der Waals surface area contributed by atoms with Crippen LogP contribution in [-0.4, -0.2) is 29.3 Å². The van der Waals surface area contributed by atoms with E-state index >= 15 is 0 Å². The van der Waals surface area contributed by atoms with Crippen molar-refractivity contribution in [2.45, 2.75) is 32.9 Å². The Kier molecular flexibility index (Phi) is 5.79. The molecule has 0 saturated carbocycles. The number of hydrogen-bond acceptors (Lipinski definition) is 2. The van der Waals surface area contributed by atoms with E-state index in [0.29, 0.717) is 13.1 Å². The average molecular weight is 289 g/mol. The lowest BCUT2D eigenvalue weighted by Crippen LogP contribution is -2.23. The van der Waals surface area contributed by atoms with Gasteiger partial charge in [-0.25, -0.2) is 4.99 Å². The van der Waals surface area contributed by atoms with Gasteiger partial charge >= 0.3 is 6.18 Å². The Hall–Kier alpha value is -1.79. The van der Waals surface area contributed by atoms with Gasteiger partial charge in [-0.2, -0.15) is 13.2 Å². The van der Waals surface area contributed by atoms with E-state index in [-0.39, 0.29) is 0 Å². The molecule has 4 nitrogen and oxygen atoms in total. The van der Waals surface area contributed by atoms with Crippen LogP contribution in [0.3, 0.4) is 0 Å². The zero-order valence-electron chi connectivity index (χ0n) is 11.5. The van der Waals surface area contributed by atoms with Crippen LogP contribution < -0.4 is 5.56 Å². The maximum absolute atomic E-state index is 12.8. The summed E-state index contributed by atoms with van der Waals surface area (Å²) in [6.45, 7) is 5.36. The largest absolute Gasteiger partial charge is 0.419 e. The van der Waals surface area contributed by atoms with E-state index in [2.05, 4.69) is 9.98 Å². The first kappa shape index (κ1) is 16.3. The van der Waals surface area contributed by atoms with Gasteiger partial charge in [0.2, 0.25) is 5.56 Å². The Balaban J connectivity index is 3.06. The molecule has 0 spiro atoms. The highest BCUT2D eigenvalue weighted by molar-refractivity contribution is 5.61. The van der Waals surface area contributed by atoms with Crippen LogP contribution >= 0.6 is 0 Å². The summed E-state index contributed by atoms with van der Waals surface area (Å²) in [6, 6.07) is 1.59. The molecule has 0 amide bonds. The van der Waals surface area contributed by atoms with Gasteiger partial charge in [0.25, 0.3) is 0 Å². The van der Waals surface area contributed by atoms with Gasteiger partial charge in [-0.15, -0.1) is 0 Å². The monoisotopic (exact) mass is 289 g/mol. The van der Waals surface area contributed by atoms with Crippen LogP contribution in [0.5, 0.6) is 0 Å². The van der Waals surface area contributed by atoms with E-state index in [1.165, 1.54) is 6.34 Å². The summed E-state index contributed by atoms with van der Waals surface area (Å²) in [5, 5.41) is 0. The Morgan fingerprint density at radius 2 is 1.85 bits per heavy atom. The normalized spacial score (nSPS) is 12.1. The predicted molar refractivity (Wildman–Crippen MR) is 72.4 cm³/mol. The molecule has 0 radical (unpaired) electrons. The first-order valence-corrected chi connectivity index (χ1v) is 6.47.